The molecule has 0 unspecified atom stereocenters. The van der Waals surface area contributed by atoms with Gasteiger partial charge in [0.25, 0.3) is 5.91 Å². The van der Waals surface area contributed by atoms with Crippen LogP contribution in [-0.4, -0.2) is 47.3 Å². The normalized spacial score (nSPS) is 17.0. The number of hydrogen-bond acceptors (Lipinski definition) is 4. The van der Waals surface area contributed by atoms with Crippen molar-refractivity contribution in [3.63, 3.8) is 0 Å². The van der Waals surface area contributed by atoms with Gasteiger partial charge in [0.2, 0.25) is 5.91 Å². The van der Waals surface area contributed by atoms with Gasteiger partial charge in [0.1, 0.15) is 0 Å². The van der Waals surface area contributed by atoms with Gasteiger partial charge in [-0.05, 0) is 49.2 Å². The molecule has 0 aromatic heterocycles. The monoisotopic (exact) mass is 434 g/mol. The summed E-state index contributed by atoms with van der Waals surface area (Å²) in [6, 6.07) is 15.2. The average molecular weight is 435 g/mol. The third-order valence-electron chi connectivity index (χ3n) is 6.38. The predicted octanol–water partition coefficient (Wildman–Crippen LogP) is 3.76. The van der Waals surface area contributed by atoms with Crippen LogP contribution in [0.4, 0.5) is 10.5 Å². The fourth-order valence-electron chi connectivity index (χ4n) is 4.45. The van der Waals surface area contributed by atoms with Crippen LogP contribution >= 0.6 is 0 Å². The maximum atomic E-state index is 12.9. The fraction of sp³-hybridized carbons (Fsp3) is 0.400. The summed E-state index contributed by atoms with van der Waals surface area (Å²) < 4.78 is 0. The van der Waals surface area contributed by atoms with Crippen molar-refractivity contribution in [3.05, 3.63) is 65.2 Å². The van der Waals surface area contributed by atoms with Gasteiger partial charge in [0.05, 0.1) is 13.1 Å². The first-order chi connectivity index (χ1) is 15.5. The van der Waals surface area contributed by atoms with E-state index in [1.807, 2.05) is 18.2 Å². The number of nitrogens with zero attached hydrogens (tertiary/aromatic N) is 2. The Balaban J connectivity index is 1.39. The number of hydrogen-bond donors (Lipinski definition) is 2. The number of carbonyl (C=O) groups excluding carboxylic acids is 3. The molecule has 1 heterocycles. The molecule has 168 valence electrons. The minimum Gasteiger partial charge on any atom is -0.329 e. The second-order valence-electron chi connectivity index (χ2n) is 8.65. The molecule has 2 N–H and O–H groups in total. The molecule has 1 saturated carbocycles. The van der Waals surface area contributed by atoms with Crippen LogP contribution in [0.1, 0.15) is 53.6 Å². The Hall–Kier alpha value is -3.19. The Kier molecular flexibility index (Phi) is 6.85. The van der Waals surface area contributed by atoms with Crippen molar-refractivity contribution in [1.82, 2.24) is 15.1 Å². The van der Waals surface area contributed by atoms with Gasteiger partial charge < -0.3 is 10.6 Å². The van der Waals surface area contributed by atoms with E-state index in [1.54, 1.807) is 24.3 Å². The second kappa shape index (κ2) is 9.96. The number of benzene rings is 2. The van der Waals surface area contributed by atoms with Gasteiger partial charge in [0, 0.05) is 23.8 Å². The predicted molar refractivity (Wildman–Crippen MR) is 123 cm³/mol. The fourth-order valence-corrected chi connectivity index (χ4v) is 4.45. The molecule has 7 nitrogen and oxygen atoms in total. The van der Waals surface area contributed by atoms with Gasteiger partial charge in [0.15, 0.2) is 0 Å². The Morgan fingerprint density at radius 1 is 1.06 bits per heavy atom. The SMILES string of the molecule is CN(Cc1ccccc1NC(=O)c1ccc(CN2C(=O)CNC2=O)cc1)C1CCCCC1. The number of nitrogens with one attached hydrogen (secondary N) is 2. The molecule has 1 aliphatic carbocycles. The zero-order chi connectivity index (χ0) is 22.5. The van der Waals surface area contributed by atoms with E-state index in [0.29, 0.717) is 11.6 Å². The van der Waals surface area contributed by atoms with Crippen LogP contribution in [0.3, 0.4) is 0 Å². The van der Waals surface area contributed by atoms with Crippen molar-refractivity contribution < 1.29 is 14.4 Å². The minimum absolute atomic E-state index is 0.0364. The number of amides is 4. The summed E-state index contributed by atoms with van der Waals surface area (Å²) in [6.45, 7) is 1.03. The molecule has 7 heteroatoms. The molecular formula is C25H30N4O3. The molecular weight excluding hydrogens is 404 g/mol. The molecule has 2 aromatic rings. The molecule has 2 fully saturated rings. The van der Waals surface area contributed by atoms with Crippen molar-refractivity contribution in [2.45, 2.75) is 51.2 Å². The molecule has 2 aromatic carbocycles. The molecule has 0 radical (unpaired) electrons. The summed E-state index contributed by atoms with van der Waals surface area (Å²) in [5, 5.41) is 5.55. The molecule has 0 atom stereocenters. The maximum Gasteiger partial charge on any atom is 0.324 e. The molecule has 4 amide bonds. The van der Waals surface area contributed by atoms with Crippen molar-refractivity contribution in [3.8, 4) is 0 Å². The lowest BCUT2D eigenvalue weighted by Crippen LogP contribution is -2.33. The van der Waals surface area contributed by atoms with E-state index < -0.39 is 0 Å². The quantitative estimate of drug-likeness (QED) is 0.650. The highest BCUT2D eigenvalue weighted by atomic mass is 16.2. The Bertz CT molecular complexity index is 967. The smallest absolute Gasteiger partial charge is 0.324 e. The van der Waals surface area contributed by atoms with Crippen LogP contribution in [0.2, 0.25) is 0 Å². The van der Waals surface area contributed by atoms with Gasteiger partial charge in [-0.25, -0.2) is 4.79 Å². The van der Waals surface area contributed by atoms with E-state index in [2.05, 4.69) is 28.6 Å². The zero-order valence-corrected chi connectivity index (χ0v) is 18.5. The molecule has 1 aliphatic heterocycles. The highest BCUT2D eigenvalue weighted by Gasteiger charge is 2.28. The first kappa shape index (κ1) is 22.0. The van der Waals surface area contributed by atoms with Crippen LogP contribution in [0.5, 0.6) is 0 Å². The van der Waals surface area contributed by atoms with Gasteiger partial charge >= 0.3 is 6.03 Å². The van der Waals surface area contributed by atoms with E-state index in [4.69, 9.17) is 0 Å². The topological polar surface area (TPSA) is 81.8 Å². The van der Waals surface area contributed by atoms with E-state index in [9.17, 15) is 14.4 Å². The third-order valence-corrected chi connectivity index (χ3v) is 6.38. The Morgan fingerprint density at radius 3 is 2.47 bits per heavy atom. The van der Waals surface area contributed by atoms with Crippen LogP contribution in [0, 0.1) is 0 Å². The zero-order valence-electron chi connectivity index (χ0n) is 18.5. The van der Waals surface area contributed by atoms with Crippen LogP contribution < -0.4 is 10.6 Å². The first-order valence-corrected chi connectivity index (χ1v) is 11.3. The average Bonchev–Trinajstić information content (AvgIpc) is 3.13. The molecule has 4 rings (SSSR count). The number of carbonyl (C=O) groups is 3. The number of urea groups is 1. The molecule has 1 saturated heterocycles. The van der Waals surface area contributed by atoms with E-state index >= 15 is 0 Å². The van der Waals surface area contributed by atoms with Crippen molar-refractivity contribution in [2.24, 2.45) is 0 Å². The van der Waals surface area contributed by atoms with Gasteiger partial charge in [-0.2, -0.15) is 0 Å². The highest BCUT2D eigenvalue weighted by molar-refractivity contribution is 6.04. The van der Waals surface area contributed by atoms with Crippen molar-refractivity contribution in [1.29, 1.82) is 0 Å². The second-order valence-corrected chi connectivity index (χ2v) is 8.65. The van der Waals surface area contributed by atoms with E-state index in [-0.39, 0.29) is 30.9 Å². The van der Waals surface area contributed by atoms with Crippen LogP contribution in [0.15, 0.2) is 48.5 Å². The lowest BCUT2D eigenvalue weighted by molar-refractivity contribution is -0.125. The first-order valence-electron chi connectivity index (χ1n) is 11.3. The number of anilines is 1. The number of para-hydroxylation sites is 1. The summed E-state index contributed by atoms with van der Waals surface area (Å²) in [5.74, 6) is -0.425. The Labute approximate surface area is 188 Å². The summed E-state index contributed by atoms with van der Waals surface area (Å²) in [6.07, 6.45) is 6.39. The van der Waals surface area contributed by atoms with Gasteiger partial charge in [-0.3, -0.25) is 19.4 Å². The molecule has 0 spiro atoms. The third kappa shape index (κ3) is 5.16. The van der Waals surface area contributed by atoms with Crippen molar-refractivity contribution >= 4 is 23.5 Å². The number of rotatable bonds is 7. The van der Waals surface area contributed by atoms with Gasteiger partial charge in [-0.15, -0.1) is 0 Å². The largest absolute Gasteiger partial charge is 0.329 e. The van der Waals surface area contributed by atoms with E-state index in [1.165, 1.54) is 37.0 Å². The summed E-state index contributed by atoms with van der Waals surface area (Å²) >= 11 is 0. The molecule has 0 bridgehead atoms. The highest BCUT2D eigenvalue weighted by Crippen LogP contribution is 2.25. The summed E-state index contributed by atoms with van der Waals surface area (Å²) in [7, 11) is 2.17. The number of imide groups is 1. The lowest BCUT2D eigenvalue weighted by Gasteiger charge is -2.31. The van der Waals surface area contributed by atoms with E-state index in [0.717, 1.165) is 23.4 Å². The summed E-state index contributed by atoms with van der Waals surface area (Å²) in [4.78, 5) is 39.9. The minimum atomic E-state index is -0.383. The summed E-state index contributed by atoms with van der Waals surface area (Å²) in [5.41, 5.74) is 3.25. The standard InChI is InChI=1S/C25H30N4O3/c1-28(21-8-3-2-4-9-21)17-20-7-5-6-10-22(20)27-24(31)19-13-11-18(12-14-19)16-29-23(30)15-26-25(29)32/h5-7,10-14,21H,2-4,8-9,15-17H2,1H3,(H,26,32)(H,27,31). The van der Waals surface area contributed by atoms with Crippen LogP contribution in [-0.2, 0) is 17.9 Å². The lowest BCUT2D eigenvalue weighted by atomic mass is 9.94. The van der Waals surface area contributed by atoms with Crippen molar-refractivity contribution in [2.75, 3.05) is 18.9 Å². The Morgan fingerprint density at radius 2 is 1.78 bits per heavy atom. The maximum absolute atomic E-state index is 12.9. The molecule has 2 aliphatic rings. The van der Waals surface area contributed by atoms with Gasteiger partial charge in [-0.1, -0.05) is 49.6 Å². The van der Waals surface area contributed by atoms with Crippen LogP contribution in [0.25, 0.3) is 0 Å². The molecule has 32 heavy (non-hydrogen) atoms.